The van der Waals surface area contributed by atoms with Crippen molar-refractivity contribution in [2.24, 2.45) is 0 Å². The first-order valence-corrected chi connectivity index (χ1v) is 12.5. The first-order valence-electron chi connectivity index (χ1n) is 12.5. The van der Waals surface area contributed by atoms with Crippen LogP contribution in [0.3, 0.4) is 0 Å². The Morgan fingerprint density at radius 3 is 2.26 bits per heavy atom. The van der Waals surface area contributed by atoms with Gasteiger partial charge in [0.15, 0.2) is 0 Å². The molecule has 0 unspecified atom stereocenters. The van der Waals surface area contributed by atoms with Gasteiger partial charge in [-0.1, -0.05) is 32.6 Å². The highest BCUT2D eigenvalue weighted by atomic mass is 19.1. The molecule has 0 aliphatic heterocycles. The average Bonchev–Trinajstić information content (AvgIpc) is 2.84. The van der Waals surface area contributed by atoms with Crippen LogP contribution in [-0.2, 0) is 4.74 Å². The third kappa shape index (κ3) is 10.5. The molecule has 0 aliphatic carbocycles. The maximum atomic E-state index is 14.5. The van der Waals surface area contributed by atoms with Gasteiger partial charge in [-0.15, -0.1) is 0 Å². The molecule has 6 nitrogen and oxygen atoms in total. The van der Waals surface area contributed by atoms with Gasteiger partial charge in [0.25, 0.3) is 0 Å². The van der Waals surface area contributed by atoms with Crippen molar-refractivity contribution < 1.29 is 33.3 Å². The van der Waals surface area contributed by atoms with Crippen molar-refractivity contribution in [3.05, 3.63) is 59.4 Å². The lowest BCUT2D eigenvalue weighted by Gasteiger charge is -2.14. The number of rotatable bonds is 16. The Bertz CT molecular complexity index is 912. The molecule has 0 bridgehead atoms. The van der Waals surface area contributed by atoms with Gasteiger partial charge in [-0.3, -0.25) is 0 Å². The Hall–Kier alpha value is -2.93. The van der Waals surface area contributed by atoms with Crippen molar-refractivity contribution >= 4 is 11.9 Å². The molecule has 0 heterocycles. The lowest BCUT2D eigenvalue weighted by Crippen LogP contribution is -2.16. The van der Waals surface area contributed by atoms with Gasteiger partial charge in [0.05, 0.1) is 23.8 Å². The average molecular weight is 489 g/mol. The summed E-state index contributed by atoms with van der Waals surface area (Å²) in [4.78, 5) is 24.7. The maximum Gasteiger partial charge on any atom is 0.343 e. The summed E-state index contributed by atoms with van der Waals surface area (Å²) in [6, 6.07) is 10.1. The van der Waals surface area contributed by atoms with Crippen molar-refractivity contribution in [2.75, 3.05) is 13.2 Å². The fourth-order valence-corrected chi connectivity index (χ4v) is 3.50. The van der Waals surface area contributed by atoms with Crippen LogP contribution in [0.15, 0.2) is 42.5 Å². The minimum Gasteiger partial charge on any atom is -0.494 e. The zero-order valence-corrected chi connectivity index (χ0v) is 20.8. The molecule has 2 rings (SSSR count). The summed E-state index contributed by atoms with van der Waals surface area (Å²) in [7, 11) is 0. The normalized spacial score (nSPS) is 11.7. The highest BCUT2D eigenvalue weighted by molar-refractivity contribution is 5.92. The van der Waals surface area contributed by atoms with Gasteiger partial charge < -0.3 is 19.3 Å². The minimum atomic E-state index is -0.804. The number of esters is 2. The summed E-state index contributed by atoms with van der Waals surface area (Å²) < 4.78 is 30.7. The van der Waals surface area contributed by atoms with Crippen molar-refractivity contribution in [2.45, 2.75) is 77.7 Å². The van der Waals surface area contributed by atoms with Crippen LogP contribution in [0.1, 0.15) is 92.4 Å². The smallest absolute Gasteiger partial charge is 0.343 e. The number of unbranched alkanes of at least 4 members (excludes halogenated alkanes) is 6. The van der Waals surface area contributed by atoms with E-state index in [4.69, 9.17) is 19.3 Å². The van der Waals surface area contributed by atoms with Gasteiger partial charge in [0, 0.05) is 12.7 Å². The molecule has 192 valence electrons. The lowest BCUT2D eigenvalue weighted by molar-refractivity contribution is 0.0314. The molecule has 2 aromatic rings. The van der Waals surface area contributed by atoms with E-state index in [1.54, 1.807) is 31.2 Å². The Balaban J connectivity index is 1.83. The van der Waals surface area contributed by atoms with Gasteiger partial charge in [-0.05, 0) is 75.4 Å². The van der Waals surface area contributed by atoms with Crippen LogP contribution in [0.5, 0.6) is 11.5 Å². The molecule has 0 saturated carbocycles. The van der Waals surface area contributed by atoms with E-state index in [0.29, 0.717) is 17.9 Å². The van der Waals surface area contributed by atoms with Crippen LogP contribution >= 0.6 is 0 Å². The van der Waals surface area contributed by atoms with Crippen LogP contribution in [-0.4, -0.2) is 36.4 Å². The number of aliphatic hydroxyl groups is 1. The highest BCUT2D eigenvalue weighted by Gasteiger charge is 2.18. The predicted octanol–water partition coefficient (Wildman–Crippen LogP) is 6.49. The fraction of sp³-hybridized carbons (Fsp3) is 0.500. The number of ether oxygens (including phenoxy) is 3. The molecule has 7 heteroatoms. The van der Waals surface area contributed by atoms with Crippen LogP contribution in [0, 0.1) is 5.82 Å². The van der Waals surface area contributed by atoms with E-state index in [-0.39, 0.29) is 24.0 Å². The summed E-state index contributed by atoms with van der Waals surface area (Å²) in [6.45, 7) is 4.69. The second-order valence-electron chi connectivity index (χ2n) is 8.61. The van der Waals surface area contributed by atoms with Gasteiger partial charge in [0.1, 0.15) is 17.3 Å². The van der Waals surface area contributed by atoms with Crippen LogP contribution in [0.25, 0.3) is 0 Å². The zero-order valence-electron chi connectivity index (χ0n) is 20.8. The molecule has 0 spiro atoms. The summed E-state index contributed by atoms with van der Waals surface area (Å²) in [5.74, 6) is -1.54. The fourth-order valence-electron chi connectivity index (χ4n) is 3.50. The molecule has 0 amide bonds. The Labute approximate surface area is 207 Å². The van der Waals surface area contributed by atoms with E-state index >= 15 is 0 Å². The van der Waals surface area contributed by atoms with E-state index in [2.05, 4.69) is 6.92 Å². The van der Waals surface area contributed by atoms with Gasteiger partial charge in [-0.2, -0.15) is 0 Å². The topological polar surface area (TPSA) is 82.1 Å². The third-order valence-electron chi connectivity index (χ3n) is 5.55. The van der Waals surface area contributed by atoms with Crippen LogP contribution in [0.2, 0.25) is 0 Å². The van der Waals surface area contributed by atoms with E-state index in [9.17, 15) is 14.0 Å². The summed E-state index contributed by atoms with van der Waals surface area (Å²) in [5.41, 5.74) is 0.101. The first-order chi connectivity index (χ1) is 16.9. The molecule has 1 atom stereocenters. The first kappa shape index (κ1) is 28.3. The van der Waals surface area contributed by atoms with E-state index in [0.717, 1.165) is 63.9 Å². The second-order valence-corrected chi connectivity index (χ2v) is 8.61. The van der Waals surface area contributed by atoms with Crippen molar-refractivity contribution in [1.82, 2.24) is 0 Å². The third-order valence-corrected chi connectivity index (χ3v) is 5.55. The van der Waals surface area contributed by atoms with Crippen molar-refractivity contribution in [3.8, 4) is 11.5 Å². The second kappa shape index (κ2) is 15.9. The number of benzene rings is 2. The molecule has 0 aromatic heterocycles. The Morgan fingerprint density at radius 2 is 1.57 bits per heavy atom. The molecular formula is C28H37FO6. The SMILES string of the molecule is CCCCCC[C@@H](C)OC(=O)c1ccc(OC(=O)c2ccc(OCCCCCCO)cc2)cc1F. The van der Waals surface area contributed by atoms with Crippen molar-refractivity contribution in [1.29, 1.82) is 0 Å². The summed E-state index contributed by atoms with van der Waals surface area (Å²) in [6.07, 6.45) is 8.37. The number of hydrogen-bond acceptors (Lipinski definition) is 6. The van der Waals surface area contributed by atoms with Gasteiger partial charge in [0.2, 0.25) is 0 Å². The van der Waals surface area contributed by atoms with Crippen LogP contribution in [0.4, 0.5) is 4.39 Å². The Morgan fingerprint density at radius 1 is 0.886 bits per heavy atom. The van der Waals surface area contributed by atoms with Gasteiger partial charge in [-0.25, -0.2) is 14.0 Å². The molecule has 1 N–H and O–H groups in total. The number of hydrogen-bond donors (Lipinski definition) is 1. The quantitative estimate of drug-likeness (QED) is 0.165. The number of carbonyl (C=O) groups excluding carboxylic acids is 2. The number of aliphatic hydroxyl groups excluding tert-OH is 1. The molecular weight excluding hydrogens is 451 g/mol. The molecule has 35 heavy (non-hydrogen) atoms. The molecule has 0 saturated heterocycles. The number of carbonyl (C=O) groups is 2. The Kier molecular flexibility index (Phi) is 12.8. The maximum absolute atomic E-state index is 14.5. The summed E-state index contributed by atoms with van der Waals surface area (Å²) >= 11 is 0. The number of halogens is 1. The molecule has 2 aromatic carbocycles. The van der Waals surface area contributed by atoms with Crippen LogP contribution < -0.4 is 9.47 Å². The molecule has 0 aliphatic rings. The monoisotopic (exact) mass is 488 g/mol. The zero-order chi connectivity index (χ0) is 25.5. The molecule has 0 radical (unpaired) electrons. The van der Waals surface area contributed by atoms with E-state index < -0.39 is 17.8 Å². The minimum absolute atomic E-state index is 0.000120. The largest absolute Gasteiger partial charge is 0.494 e. The van der Waals surface area contributed by atoms with Gasteiger partial charge >= 0.3 is 11.9 Å². The molecule has 0 fully saturated rings. The highest BCUT2D eigenvalue weighted by Crippen LogP contribution is 2.21. The standard InChI is InChI=1S/C28H37FO6/c1-3-4-5-8-11-21(2)34-28(32)25-17-16-24(20-26(25)29)35-27(31)22-12-14-23(15-13-22)33-19-10-7-6-9-18-30/h12-17,20-21,30H,3-11,18-19H2,1-2H3/t21-/m1/s1. The lowest BCUT2D eigenvalue weighted by atomic mass is 10.1. The van der Waals surface area contributed by atoms with E-state index in [1.807, 2.05) is 0 Å². The van der Waals surface area contributed by atoms with Crippen molar-refractivity contribution in [3.63, 3.8) is 0 Å². The van der Waals surface area contributed by atoms with E-state index in [1.165, 1.54) is 12.1 Å². The summed E-state index contributed by atoms with van der Waals surface area (Å²) in [5, 5.41) is 8.77. The predicted molar refractivity (Wildman–Crippen MR) is 132 cm³/mol.